The van der Waals surface area contributed by atoms with Crippen molar-refractivity contribution in [2.45, 2.75) is 25.3 Å². The maximum Gasteiger partial charge on any atom is 0.255 e. The van der Waals surface area contributed by atoms with Gasteiger partial charge in [0.2, 0.25) is 10.0 Å². The van der Waals surface area contributed by atoms with E-state index in [1.807, 2.05) is 48.7 Å². The summed E-state index contributed by atoms with van der Waals surface area (Å²) in [7, 11) is -3.95. The van der Waals surface area contributed by atoms with E-state index in [-0.39, 0.29) is 11.4 Å². The van der Waals surface area contributed by atoms with E-state index in [0.717, 1.165) is 26.9 Å². The Morgan fingerprint density at radius 3 is 2.50 bits per heavy atom. The van der Waals surface area contributed by atoms with Crippen molar-refractivity contribution in [2.24, 2.45) is 5.10 Å². The lowest BCUT2D eigenvalue weighted by Gasteiger charge is -2.20. The number of carbonyl (C=O) groups excluding carboxylic acids is 1. The number of rotatable bonds is 9. The second-order valence-corrected chi connectivity index (χ2v) is 10.4. The van der Waals surface area contributed by atoms with Crippen LogP contribution in [-0.4, -0.2) is 36.0 Å². The van der Waals surface area contributed by atoms with Gasteiger partial charge in [0.1, 0.15) is 5.76 Å². The first-order valence-electron chi connectivity index (χ1n) is 11.1. The molecule has 0 aliphatic heterocycles. The standard InChI is InChI=1S/C26H25ClN4O4S/c1-19-15-21(20(2)31(19)25-13-7-6-12-24(25)27)16-28-29-26(32)18-30(17-22-9-8-14-35-22)36(33,34)23-10-4-3-5-11-23/h3-16H,17-18H2,1-2H3,(H,29,32)/b28-16+. The van der Waals surface area contributed by atoms with Crippen LogP contribution in [0.5, 0.6) is 0 Å². The molecular weight excluding hydrogens is 500 g/mol. The summed E-state index contributed by atoms with van der Waals surface area (Å²) in [6, 6.07) is 20.7. The average Bonchev–Trinajstić information content (AvgIpc) is 3.47. The second-order valence-electron chi connectivity index (χ2n) is 8.07. The Morgan fingerprint density at radius 2 is 1.81 bits per heavy atom. The van der Waals surface area contributed by atoms with Gasteiger partial charge in [0, 0.05) is 17.0 Å². The largest absolute Gasteiger partial charge is 0.468 e. The predicted molar refractivity (Wildman–Crippen MR) is 139 cm³/mol. The number of hydrogen-bond acceptors (Lipinski definition) is 5. The Morgan fingerprint density at radius 1 is 1.08 bits per heavy atom. The molecule has 0 unspecified atom stereocenters. The fourth-order valence-electron chi connectivity index (χ4n) is 3.84. The fraction of sp³-hybridized carbons (Fsp3) is 0.154. The van der Waals surface area contributed by atoms with E-state index >= 15 is 0 Å². The molecule has 4 aromatic rings. The molecule has 0 saturated heterocycles. The minimum atomic E-state index is -3.95. The highest BCUT2D eigenvalue weighted by Crippen LogP contribution is 2.25. The second kappa shape index (κ2) is 10.9. The summed E-state index contributed by atoms with van der Waals surface area (Å²) in [6.07, 6.45) is 2.97. The summed E-state index contributed by atoms with van der Waals surface area (Å²) < 4.78 is 34.7. The molecule has 0 saturated carbocycles. The monoisotopic (exact) mass is 524 g/mol. The molecule has 2 aromatic carbocycles. The van der Waals surface area contributed by atoms with Gasteiger partial charge in [0.25, 0.3) is 5.91 Å². The molecule has 0 radical (unpaired) electrons. The van der Waals surface area contributed by atoms with Crippen LogP contribution in [-0.2, 0) is 21.4 Å². The number of para-hydroxylation sites is 1. The van der Waals surface area contributed by atoms with Gasteiger partial charge in [0.05, 0.1) is 41.2 Å². The van der Waals surface area contributed by atoms with Crippen molar-refractivity contribution in [2.75, 3.05) is 6.54 Å². The highest BCUT2D eigenvalue weighted by molar-refractivity contribution is 7.89. The van der Waals surface area contributed by atoms with E-state index in [2.05, 4.69) is 10.5 Å². The molecule has 2 heterocycles. The van der Waals surface area contributed by atoms with Crippen LogP contribution in [0.3, 0.4) is 0 Å². The molecular formula is C26H25ClN4O4S. The van der Waals surface area contributed by atoms with Crippen molar-refractivity contribution in [3.8, 4) is 5.69 Å². The number of halogens is 1. The first-order valence-corrected chi connectivity index (χ1v) is 12.9. The first kappa shape index (κ1) is 25.4. The van der Waals surface area contributed by atoms with Gasteiger partial charge in [-0.25, -0.2) is 13.8 Å². The van der Waals surface area contributed by atoms with Crippen LogP contribution < -0.4 is 5.43 Å². The van der Waals surface area contributed by atoms with E-state index in [0.29, 0.717) is 10.8 Å². The summed E-state index contributed by atoms with van der Waals surface area (Å²) >= 11 is 6.37. The smallest absolute Gasteiger partial charge is 0.255 e. The first-order chi connectivity index (χ1) is 17.3. The Labute approximate surface area is 214 Å². The van der Waals surface area contributed by atoms with E-state index in [1.165, 1.54) is 24.6 Å². The van der Waals surface area contributed by atoms with Crippen molar-refractivity contribution in [1.29, 1.82) is 0 Å². The average molecular weight is 525 g/mol. The Kier molecular flexibility index (Phi) is 7.73. The molecule has 1 N–H and O–H groups in total. The highest BCUT2D eigenvalue weighted by atomic mass is 35.5. The zero-order chi connectivity index (χ0) is 25.7. The molecule has 0 atom stereocenters. The number of nitrogens with zero attached hydrogens (tertiary/aromatic N) is 3. The van der Waals surface area contributed by atoms with Gasteiger partial charge < -0.3 is 8.98 Å². The van der Waals surface area contributed by atoms with Crippen molar-refractivity contribution < 1.29 is 17.6 Å². The zero-order valence-electron chi connectivity index (χ0n) is 19.8. The molecule has 0 spiro atoms. The third kappa shape index (κ3) is 5.59. The van der Waals surface area contributed by atoms with E-state index in [9.17, 15) is 13.2 Å². The van der Waals surface area contributed by atoms with Gasteiger partial charge >= 0.3 is 0 Å². The van der Waals surface area contributed by atoms with E-state index in [1.54, 1.807) is 30.3 Å². The molecule has 10 heteroatoms. The van der Waals surface area contributed by atoms with Gasteiger partial charge in [0.15, 0.2) is 0 Å². The molecule has 0 aliphatic rings. The molecule has 0 fully saturated rings. The predicted octanol–water partition coefficient (Wildman–Crippen LogP) is 4.68. The van der Waals surface area contributed by atoms with Crippen LogP contribution in [0.2, 0.25) is 5.02 Å². The van der Waals surface area contributed by atoms with E-state index in [4.69, 9.17) is 16.0 Å². The maximum absolute atomic E-state index is 13.2. The lowest BCUT2D eigenvalue weighted by atomic mass is 10.2. The van der Waals surface area contributed by atoms with E-state index < -0.39 is 22.5 Å². The molecule has 0 bridgehead atoms. The molecule has 186 valence electrons. The number of aryl methyl sites for hydroxylation is 1. The molecule has 8 nitrogen and oxygen atoms in total. The van der Waals surface area contributed by atoms with Gasteiger partial charge in [-0.15, -0.1) is 0 Å². The normalized spacial score (nSPS) is 11.9. The lowest BCUT2D eigenvalue weighted by Crippen LogP contribution is -2.39. The molecule has 4 rings (SSSR count). The van der Waals surface area contributed by atoms with Crippen molar-refractivity contribution in [3.63, 3.8) is 0 Å². The summed E-state index contributed by atoms with van der Waals surface area (Å²) in [6.45, 7) is 3.35. The Hall–Kier alpha value is -3.66. The molecule has 36 heavy (non-hydrogen) atoms. The van der Waals surface area contributed by atoms with Gasteiger partial charge in [-0.05, 0) is 56.3 Å². The van der Waals surface area contributed by atoms with Crippen LogP contribution in [0.15, 0.2) is 93.5 Å². The van der Waals surface area contributed by atoms with Crippen molar-refractivity contribution >= 4 is 33.7 Å². The fourth-order valence-corrected chi connectivity index (χ4v) is 5.44. The number of sulfonamides is 1. The summed E-state index contributed by atoms with van der Waals surface area (Å²) in [5, 5.41) is 4.68. The number of furan rings is 1. The highest BCUT2D eigenvalue weighted by Gasteiger charge is 2.27. The third-order valence-electron chi connectivity index (χ3n) is 5.57. The van der Waals surface area contributed by atoms with Crippen LogP contribution in [0, 0.1) is 13.8 Å². The number of hydrogen-bond donors (Lipinski definition) is 1. The van der Waals surface area contributed by atoms with Gasteiger partial charge in [-0.2, -0.15) is 9.41 Å². The lowest BCUT2D eigenvalue weighted by molar-refractivity contribution is -0.121. The molecule has 0 aliphatic carbocycles. The number of benzene rings is 2. The van der Waals surface area contributed by atoms with Crippen LogP contribution >= 0.6 is 11.6 Å². The minimum absolute atomic E-state index is 0.0832. The summed E-state index contributed by atoms with van der Waals surface area (Å²) in [4.78, 5) is 12.8. The summed E-state index contributed by atoms with van der Waals surface area (Å²) in [5.41, 5.74) is 5.91. The number of carbonyl (C=O) groups is 1. The van der Waals surface area contributed by atoms with Gasteiger partial charge in [-0.3, -0.25) is 4.79 Å². The number of hydrazone groups is 1. The van der Waals surface area contributed by atoms with Crippen LogP contribution in [0.1, 0.15) is 22.7 Å². The Bertz CT molecular complexity index is 1480. The van der Waals surface area contributed by atoms with Crippen LogP contribution in [0.4, 0.5) is 0 Å². The van der Waals surface area contributed by atoms with Crippen molar-refractivity contribution in [3.05, 3.63) is 107 Å². The zero-order valence-corrected chi connectivity index (χ0v) is 21.3. The number of nitrogens with one attached hydrogen (secondary N) is 1. The van der Waals surface area contributed by atoms with Crippen molar-refractivity contribution in [1.82, 2.24) is 14.3 Å². The SMILES string of the molecule is Cc1cc(/C=N/NC(=O)CN(Cc2ccco2)S(=O)(=O)c2ccccc2)c(C)n1-c1ccccc1Cl. The number of amides is 1. The molecule has 2 aromatic heterocycles. The summed E-state index contributed by atoms with van der Waals surface area (Å²) in [5.74, 6) is -0.171. The Balaban J connectivity index is 1.50. The minimum Gasteiger partial charge on any atom is -0.468 e. The molecule has 1 amide bonds. The van der Waals surface area contributed by atoms with Crippen LogP contribution in [0.25, 0.3) is 5.69 Å². The van der Waals surface area contributed by atoms with Gasteiger partial charge in [-0.1, -0.05) is 41.9 Å². The maximum atomic E-state index is 13.2. The topological polar surface area (TPSA) is 96.9 Å². The quantitative estimate of drug-likeness (QED) is 0.254. The number of aromatic nitrogens is 1. The third-order valence-corrected chi connectivity index (χ3v) is 7.70.